The van der Waals surface area contributed by atoms with Gasteiger partial charge in [0.05, 0.1) is 6.61 Å². The first kappa shape index (κ1) is 12.1. The Kier molecular flexibility index (Phi) is 3.45. The van der Waals surface area contributed by atoms with Crippen LogP contribution in [0.2, 0.25) is 0 Å². The molecule has 0 aliphatic carbocycles. The second-order valence-electron chi connectivity index (χ2n) is 4.87. The van der Waals surface area contributed by atoms with Crippen LogP contribution in [-0.4, -0.2) is 28.8 Å². The number of hydrogen-bond donors (Lipinski definition) is 2. The SMILES string of the molecule is CC(C)(CO)NCCc1ccc2ncoc2c1. The number of aliphatic hydroxyl groups excluding tert-OH is 1. The minimum atomic E-state index is -0.226. The Labute approximate surface area is 101 Å². The van der Waals surface area contributed by atoms with E-state index < -0.39 is 0 Å². The Morgan fingerprint density at radius 1 is 1.41 bits per heavy atom. The molecule has 0 aliphatic heterocycles. The van der Waals surface area contributed by atoms with Crippen molar-refractivity contribution in [1.82, 2.24) is 10.3 Å². The van der Waals surface area contributed by atoms with Crippen molar-refractivity contribution >= 4 is 11.1 Å². The molecule has 2 aromatic rings. The molecule has 0 amide bonds. The average molecular weight is 234 g/mol. The Morgan fingerprint density at radius 3 is 3.00 bits per heavy atom. The number of nitrogens with zero attached hydrogens (tertiary/aromatic N) is 1. The summed E-state index contributed by atoms with van der Waals surface area (Å²) < 4.78 is 5.26. The highest BCUT2D eigenvalue weighted by Gasteiger charge is 2.14. The highest BCUT2D eigenvalue weighted by atomic mass is 16.3. The molecule has 4 nitrogen and oxygen atoms in total. The number of aliphatic hydroxyl groups is 1. The molecule has 17 heavy (non-hydrogen) atoms. The first-order valence-electron chi connectivity index (χ1n) is 5.79. The minimum Gasteiger partial charge on any atom is -0.443 e. The lowest BCUT2D eigenvalue weighted by molar-refractivity contribution is 0.189. The molecule has 1 aromatic carbocycles. The summed E-state index contributed by atoms with van der Waals surface area (Å²) in [5.41, 5.74) is 2.69. The van der Waals surface area contributed by atoms with Crippen LogP contribution in [0.5, 0.6) is 0 Å². The van der Waals surface area contributed by atoms with Crippen LogP contribution in [-0.2, 0) is 6.42 Å². The van der Waals surface area contributed by atoms with E-state index in [1.54, 1.807) is 0 Å². The molecule has 0 fully saturated rings. The van der Waals surface area contributed by atoms with Crippen molar-refractivity contribution in [2.75, 3.05) is 13.2 Å². The van der Waals surface area contributed by atoms with Crippen LogP contribution in [0.25, 0.3) is 11.1 Å². The van der Waals surface area contributed by atoms with Gasteiger partial charge in [-0.2, -0.15) is 0 Å². The van der Waals surface area contributed by atoms with Gasteiger partial charge in [-0.05, 0) is 44.5 Å². The predicted octanol–water partition coefficient (Wildman–Crippen LogP) is 1.73. The normalized spacial score (nSPS) is 12.2. The van der Waals surface area contributed by atoms with Crippen molar-refractivity contribution in [2.45, 2.75) is 25.8 Å². The van der Waals surface area contributed by atoms with E-state index >= 15 is 0 Å². The highest BCUT2D eigenvalue weighted by Crippen LogP contribution is 2.14. The second-order valence-corrected chi connectivity index (χ2v) is 4.87. The predicted molar refractivity (Wildman–Crippen MR) is 66.9 cm³/mol. The molecular weight excluding hydrogens is 216 g/mol. The fraction of sp³-hybridized carbons (Fsp3) is 0.462. The van der Waals surface area contributed by atoms with E-state index in [2.05, 4.69) is 16.4 Å². The molecule has 0 atom stereocenters. The van der Waals surface area contributed by atoms with Crippen LogP contribution in [0.15, 0.2) is 29.0 Å². The van der Waals surface area contributed by atoms with Crippen molar-refractivity contribution < 1.29 is 9.52 Å². The van der Waals surface area contributed by atoms with Gasteiger partial charge in [0, 0.05) is 5.54 Å². The summed E-state index contributed by atoms with van der Waals surface area (Å²) in [7, 11) is 0. The van der Waals surface area contributed by atoms with Crippen LogP contribution in [0.3, 0.4) is 0 Å². The van der Waals surface area contributed by atoms with Crippen LogP contribution in [0.4, 0.5) is 0 Å². The standard InChI is InChI=1S/C13H18N2O2/c1-13(2,8-16)15-6-5-10-3-4-11-12(7-10)17-9-14-11/h3-4,7,9,15-16H,5-6,8H2,1-2H3. The van der Waals surface area contributed by atoms with Gasteiger partial charge in [0.15, 0.2) is 12.0 Å². The van der Waals surface area contributed by atoms with Crippen molar-refractivity contribution in [3.05, 3.63) is 30.2 Å². The number of fused-ring (bicyclic) bond motifs is 1. The van der Waals surface area contributed by atoms with Gasteiger partial charge in [-0.3, -0.25) is 0 Å². The van der Waals surface area contributed by atoms with E-state index in [9.17, 15) is 0 Å². The van der Waals surface area contributed by atoms with Crippen LogP contribution >= 0.6 is 0 Å². The van der Waals surface area contributed by atoms with Gasteiger partial charge in [0.1, 0.15) is 5.52 Å². The van der Waals surface area contributed by atoms with Crippen LogP contribution in [0, 0.1) is 0 Å². The first-order chi connectivity index (χ1) is 8.11. The molecule has 0 bridgehead atoms. The Morgan fingerprint density at radius 2 is 2.24 bits per heavy atom. The van der Waals surface area contributed by atoms with Gasteiger partial charge in [-0.1, -0.05) is 6.07 Å². The maximum Gasteiger partial charge on any atom is 0.181 e. The number of aromatic nitrogens is 1. The zero-order chi connectivity index (χ0) is 12.3. The third kappa shape index (κ3) is 3.05. The van der Waals surface area contributed by atoms with Gasteiger partial charge in [0.2, 0.25) is 0 Å². The zero-order valence-electron chi connectivity index (χ0n) is 10.2. The van der Waals surface area contributed by atoms with Gasteiger partial charge in [0.25, 0.3) is 0 Å². The van der Waals surface area contributed by atoms with Gasteiger partial charge < -0.3 is 14.8 Å². The molecule has 2 rings (SSSR count). The molecule has 0 aliphatic rings. The number of benzene rings is 1. The molecule has 2 N–H and O–H groups in total. The van der Waals surface area contributed by atoms with E-state index in [0.29, 0.717) is 0 Å². The average Bonchev–Trinajstić information content (AvgIpc) is 2.76. The molecular formula is C13H18N2O2. The number of rotatable bonds is 5. The minimum absolute atomic E-state index is 0.133. The molecule has 1 aromatic heterocycles. The van der Waals surface area contributed by atoms with Gasteiger partial charge in [-0.15, -0.1) is 0 Å². The highest BCUT2D eigenvalue weighted by molar-refractivity contribution is 5.72. The third-order valence-corrected chi connectivity index (χ3v) is 2.81. The van der Waals surface area contributed by atoms with Crippen LogP contribution in [0.1, 0.15) is 19.4 Å². The van der Waals surface area contributed by atoms with E-state index in [1.165, 1.54) is 12.0 Å². The van der Waals surface area contributed by atoms with E-state index in [4.69, 9.17) is 9.52 Å². The summed E-state index contributed by atoms with van der Waals surface area (Å²) in [6.07, 6.45) is 2.36. The summed E-state index contributed by atoms with van der Waals surface area (Å²) in [6, 6.07) is 6.03. The summed E-state index contributed by atoms with van der Waals surface area (Å²) in [5.74, 6) is 0. The maximum absolute atomic E-state index is 9.12. The first-order valence-corrected chi connectivity index (χ1v) is 5.79. The fourth-order valence-electron chi connectivity index (χ4n) is 1.66. The Bertz CT molecular complexity index is 491. The molecule has 4 heteroatoms. The smallest absolute Gasteiger partial charge is 0.181 e. The molecule has 0 radical (unpaired) electrons. The topological polar surface area (TPSA) is 58.3 Å². The molecule has 0 saturated heterocycles. The third-order valence-electron chi connectivity index (χ3n) is 2.81. The quantitative estimate of drug-likeness (QED) is 0.827. The summed E-state index contributed by atoms with van der Waals surface area (Å²) in [6.45, 7) is 4.92. The van der Waals surface area contributed by atoms with Crippen molar-refractivity contribution in [3.63, 3.8) is 0 Å². The van der Waals surface area contributed by atoms with E-state index in [1.807, 2.05) is 26.0 Å². The molecule has 0 spiro atoms. The molecule has 0 unspecified atom stereocenters. The fourth-order valence-corrected chi connectivity index (χ4v) is 1.66. The Hall–Kier alpha value is -1.39. The molecule has 1 heterocycles. The monoisotopic (exact) mass is 234 g/mol. The van der Waals surface area contributed by atoms with Gasteiger partial charge >= 0.3 is 0 Å². The zero-order valence-corrected chi connectivity index (χ0v) is 10.2. The summed E-state index contributed by atoms with van der Waals surface area (Å²) in [5, 5.41) is 12.4. The van der Waals surface area contributed by atoms with Crippen molar-refractivity contribution in [3.8, 4) is 0 Å². The maximum atomic E-state index is 9.12. The molecule has 92 valence electrons. The van der Waals surface area contributed by atoms with Crippen molar-refractivity contribution in [1.29, 1.82) is 0 Å². The number of hydrogen-bond acceptors (Lipinski definition) is 4. The number of nitrogens with one attached hydrogen (secondary N) is 1. The summed E-state index contributed by atoms with van der Waals surface area (Å²) >= 11 is 0. The molecule has 0 saturated carbocycles. The van der Waals surface area contributed by atoms with E-state index in [0.717, 1.165) is 24.1 Å². The van der Waals surface area contributed by atoms with E-state index in [-0.39, 0.29) is 12.1 Å². The van der Waals surface area contributed by atoms with Gasteiger partial charge in [-0.25, -0.2) is 4.98 Å². The largest absolute Gasteiger partial charge is 0.443 e. The van der Waals surface area contributed by atoms with Crippen LogP contribution < -0.4 is 5.32 Å². The summed E-state index contributed by atoms with van der Waals surface area (Å²) in [4.78, 5) is 4.08. The lowest BCUT2D eigenvalue weighted by Gasteiger charge is -2.23. The lowest BCUT2D eigenvalue weighted by atomic mass is 10.1. The van der Waals surface area contributed by atoms with Crippen molar-refractivity contribution in [2.24, 2.45) is 0 Å². The lowest BCUT2D eigenvalue weighted by Crippen LogP contribution is -2.43. The number of oxazole rings is 1. The second kappa shape index (κ2) is 4.85. The Balaban J connectivity index is 1.95.